The number of nitrogens with one attached hydrogen (secondary N) is 1. The summed E-state index contributed by atoms with van der Waals surface area (Å²) in [6.07, 6.45) is -5.91. The summed E-state index contributed by atoms with van der Waals surface area (Å²) in [7, 11) is 0. The van der Waals surface area contributed by atoms with Crippen LogP contribution < -0.4 is 5.32 Å². The van der Waals surface area contributed by atoms with Crippen molar-refractivity contribution in [2.24, 2.45) is 0 Å². The molecule has 0 saturated carbocycles. The molecule has 1 saturated heterocycles. The van der Waals surface area contributed by atoms with Gasteiger partial charge in [-0.15, -0.1) is 0 Å². The van der Waals surface area contributed by atoms with Gasteiger partial charge in [0.1, 0.15) is 6.61 Å². The molecule has 0 unspecified atom stereocenters. The molecule has 1 aliphatic carbocycles. The van der Waals surface area contributed by atoms with Gasteiger partial charge in [-0.2, -0.15) is 0 Å². The van der Waals surface area contributed by atoms with Crippen LogP contribution in [0.2, 0.25) is 0 Å². The third kappa shape index (κ3) is 6.78. The zero-order valence-corrected chi connectivity index (χ0v) is 22.8. The molecule has 214 valence electrons. The molecule has 5 atom stereocenters. The van der Waals surface area contributed by atoms with Gasteiger partial charge in [-0.3, -0.25) is 14.4 Å². The number of amides is 1. The second-order valence-electron chi connectivity index (χ2n) is 9.55. The largest absolute Gasteiger partial charge is 0.456 e. The van der Waals surface area contributed by atoms with Gasteiger partial charge in [0.25, 0.3) is 0 Å². The predicted molar refractivity (Wildman–Crippen MR) is 140 cm³/mol. The van der Waals surface area contributed by atoms with Gasteiger partial charge in [0, 0.05) is 33.2 Å². The number of ether oxygens (including phenoxy) is 6. The average molecular weight is 556 g/mol. The average Bonchev–Trinajstić information content (AvgIpc) is 3.22. The number of rotatable bonds is 9. The smallest absolute Gasteiger partial charge is 0.407 e. The molecule has 1 heterocycles. The van der Waals surface area contributed by atoms with Crippen LogP contribution in [-0.2, 0) is 42.8 Å². The third-order valence-corrected chi connectivity index (χ3v) is 6.63. The number of carbonyl (C=O) groups excluding carboxylic acids is 4. The lowest BCUT2D eigenvalue weighted by Gasteiger charge is -2.43. The molecule has 1 amide bonds. The summed E-state index contributed by atoms with van der Waals surface area (Å²) in [5.41, 5.74) is 4.48. The summed E-state index contributed by atoms with van der Waals surface area (Å²) in [4.78, 5) is 47.7. The van der Waals surface area contributed by atoms with E-state index in [1.54, 1.807) is 6.92 Å². The van der Waals surface area contributed by atoms with E-state index in [0.717, 1.165) is 22.3 Å². The molecular weight excluding hydrogens is 522 g/mol. The highest BCUT2D eigenvalue weighted by Crippen LogP contribution is 2.44. The van der Waals surface area contributed by atoms with Crippen LogP contribution in [0.1, 0.15) is 44.7 Å². The Balaban J connectivity index is 1.32. The summed E-state index contributed by atoms with van der Waals surface area (Å²) < 4.78 is 33.1. The number of hydrogen-bond acceptors (Lipinski definition) is 10. The maximum atomic E-state index is 12.5. The Morgan fingerprint density at radius 1 is 0.775 bits per heavy atom. The van der Waals surface area contributed by atoms with Crippen molar-refractivity contribution in [1.82, 2.24) is 5.32 Å². The van der Waals surface area contributed by atoms with Crippen molar-refractivity contribution in [3.63, 3.8) is 0 Å². The molecule has 0 radical (unpaired) electrons. The van der Waals surface area contributed by atoms with Crippen molar-refractivity contribution in [3.05, 3.63) is 59.7 Å². The van der Waals surface area contributed by atoms with Gasteiger partial charge in [0.05, 0.1) is 12.7 Å². The molecule has 2 aromatic carbocycles. The van der Waals surface area contributed by atoms with Gasteiger partial charge in [-0.25, -0.2) is 4.79 Å². The lowest BCUT2D eigenvalue weighted by Crippen LogP contribution is -2.61. The number of esters is 3. The van der Waals surface area contributed by atoms with Crippen LogP contribution in [-0.4, -0.2) is 74.5 Å². The molecule has 2 aromatic rings. The van der Waals surface area contributed by atoms with Crippen molar-refractivity contribution < 1.29 is 47.6 Å². The highest BCUT2D eigenvalue weighted by Gasteiger charge is 2.50. The fourth-order valence-corrected chi connectivity index (χ4v) is 5.08. The van der Waals surface area contributed by atoms with E-state index in [4.69, 9.17) is 28.4 Å². The molecule has 2 aliphatic rings. The molecule has 40 heavy (non-hydrogen) atoms. The second kappa shape index (κ2) is 12.9. The van der Waals surface area contributed by atoms with Crippen LogP contribution in [0, 0.1) is 0 Å². The Morgan fingerprint density at radius 3 is 1.88 bits per heavy atom. The minimum atomic E-state index is -1.21. The topological polar surface area (TPSA) is 136 Å². The maximum Gasteiger partial charge on any atom is 0.407 e. The summed E-state index contributed by atoms with van der Waals surface area (Å²) in [5, 5.41) is 2.64. The molecule has 1 fully saturated rings. The van der Waals surface area contributed by atoms with E-state index >= 15 is 0 Å². The third-order valence-electron chi connectivity index (χ3n) is 6.63. The minimum absolute atomic E-state index is 0.0373. The number of benzene rings is 2. The predicted octanol–water partition coefficient (Wildman–Crippen LogP) is 3.08. The Labute approximate surface area is 232 Å². The number of alkyl carbamates (subject to hydrolysis) is 1. The normalized spacial score (nSPS) is 23.4. The van der Waals surface area contributed by atoms with E-state index in [2.05, 4.69) is 17.4 Å². The fraction of sp³-hybridized carbons (Fsp3) is 0.448. The van der Waals surface area contributed by atoms with Gasteiger partial charge in [-0.05, 0) is 29.2 Å². The van der Waals surface area contributed by atoms with E-state index in [1.807, 2.05) is 36.4 Å². The van der Waals surface area contributed by atoms with Gasteiger partial charge < -0.3 is 33.7 Å². The van der Waals surface area contributed by atoms with Crippen molar-refractivity contribution in [2.75, 3.05) is 19.8 Å². The first kappa shape index (κ1) is 29.0. The van der Waals surface area contributed by atoms with Crippen molar-refractivity contribution in [2.45, 2.75) is 64.3 Å². The van der Waals surface area contributed by atoms with Gasteiger partial charge in [0.2, 0.25) is 0 Å². The lowest BCUT2D eigenvalue weighted by molar-refractivity contribution is -0.300. The van der Waals surface area contributed by atoms with E-state index in [9.17, 15) is 19.2 Å². The Bertz CT molecular complexity index is 1200. The van der Waals surface area contributed by atoms with Gasteiger partial charge >= 0.3 is 24.0 Å². The highest BCUT2D eigenvalue weighted by molar-refractivity contribution is 5.79. The molecule has 0 spiro atoms. The Kier molecular flexibility index (Phi) is 9.38. The van der Waals surface area contributed by atoms with E-state index in [1.165, 1.54) is 20.8 Å². The first-order valence-electron chi connectivity index (χ1n) is 13.0. The quantitative estimate of drug-likeness (QED) is 0.279. The Morgan fingerprint density at radius 2 is 1.30 bits per heavy atom. The molecule has 11 nitrogen and oxygen atoms in total. The van der Waals surface area contributed by atoms with Crippen LogP contribution >= 0.6 is 0 Å². The fourth-order valence-electron chi connectivity index (χ4n) is 5.08. The van der Waals surface area contributed by atoms with Gasteiger partial charge in [0.15, 0.2) is 24.6 Å². The van der Waals surface area contributed by atoms with Crippen molar-refractivity contribution in [3.8, 4) is 11.1 Å². The molecular formula is C29H33NO10. The Hall–Kier alpha value is -3.96. The molecule has 4 rings (SSSR count). The van der Waals surface area contributed by atoms with E-state index < -0.39 is 54.7 Å². The van der Waals surface area contributed by atoms with Crippen LogP contribution in [0.4, 0.5) is 4.79 Å². The first-order chi connectivity index (χ1) is 19.2. The van der Waals surface area contributed by atoms with E-state index in [0.29, 0.717) is 0 Å². The standard InChI is InChI=1S/C29H33NO10/c1-16-25(38-17(2)31)26(39-18(3)32)27(40-19(4)33)28(37-16)35-14-13-30-29(34)36-15-24-22-11-7-5-9-20(22)21-10-6-8-12-23(21)24/h5-12,16,24-28H,13-15H2,1-4H3,(H,30,34)/t16-,25+,26+,27-,28-/m0/s1. The number of fused-ring (bicyclic) bond motifs is 3. The lowest BCUT2D eigenvalue weighted by atomic mass is 9.98. The summed E-state index contributed by atoms with van der Waals surface area (Å²) in [6.45, 7) is 5.37. The SMILES string of the molecule is CC(=O)O[C@H]1[C@H](OC(C)=O)[C@@H](OCCNC(=O)OCC2c3ccccc3-c3ccccc32)O[C@@H](C)[C@H]1OC(C)=O. The van der Waals surface area contributed by atoms with Crippen LogP contribution in [0.15, 0.2) is 48.5 Å². The molecule has 11 heteroatoms. The van der Waals surface area contributed by atoms with Crippen LogP contribution in [0.25, 0.3) is 11.1 Å². The number of carbonyl (C=O) groups is 4. The summed E-state index contributed by atoms with van der Waals surface area (Å²) in [5.74, 6) is -2.03. The molecule has 1 aliphatic heterocycles. The van der Waals surface area contributed by atoms with Crippen molar-refractivity contribution in [1.29, 1.82) is 0 Å². The summed E-state index contributed by atoms with van der Waals surface area (Å²) in [6, 6.07) is 16.1. The molecule has 0 bridgehead atoms. The first-order valence-corrected chi connectivity index (χ1v) is 13.0. The zero-order valence-electron chi connectivity index (χ0n) is 22.8. The van der Waals surface area contributed by atoms with E-state index in [-0.39, 0.29) is 25.7 Å². The highest BCUT2D eigenvalue weighted by atomic mass is 16.7. The summed E-state index contributed by atoms with van der Waals surface area (Å²) >= 11 is 0. The molecule has 1 N–H and O–H groups in total. The monoisotopic (exact) mass is 555 g/mol. The van der Waals surface area contributed by atoms with Gasteiger partial charge in [-0.1, -0.05) is 48.5 Å². The van der Waals surface area contributed by atoms with Crippen LogP contribution in [0.5, 0.6) is 0 Å². The van der Waals surface area contributed by atoms with Crippen LogP contribution in [0.3, 0.4) is 0 Å². The van der Waals surface area contributed by atoms with Crippen molar-refractivity contribution >= 4 is 24.0 Å². The zero-order chi connectivity index (χ0) is 28.8. The molecule has 0 aromatic heterocycles. The second-order valence-corrected chi connectivity index (χ2v) is 9.55. The number of hydrogen-bond donors (Lipinski definition) is 1. The maximum absolute atomic E-state index is 12.5. The minimum Gasteiger partial charge on any atom is -0.456 e.